The molecule has 0 aromatic heterocycles. The Morgan fingerprint density at radius 3 is 1.83 bits per heavy atom. The molecule has 0 unspecified atom stereocenters. The fraction of sp³-hybridized carbons (Fsp3) is 0. The summed E-state index contributed by atoms with van der Waals surface area (Å²) in [5.41, 5.74) is 4.79. The van der Waals surface area contributed by atoms with Gasteiger partial charge >= 0.3 is 0 Å². The Kier molecular flexibility index (Phi) is 5.02. The van der Waals surface area contributed by atoms with Crippen molar-refractivity contribution in [1.29, 1.82) is 0 Å². The predicted molar refractivity (Wildman–Crippen MR) is 103 cm³/mol. The lowest BCUT2D eigenvalue weighted by molar-refractivity contribution is 1.65. The van der Waals surface area contributed by atoms with Crippen LogP contribution in [0.1, 0.15) is 11.1 Å². The van der Waals surface area contributed by atoms with Crippen molar-refractivity contribution in [2.45, 2.75) is 0 Å². The Morgan fingerprint density at radius 2 is 1.22 bits per heavy atom. The molecule has 0 N–H and O–H groups in total. The second kappa shape index (κ2) is 7.57. The van der Waals surface area contributed by atoms with Crippen LogP contribution in [-0.4, -0.2) is 8.80 Å². The van der Waals surface area contributed by atoms with E-state index in [1.807, 2.05) is 12.1 Å². The van der Waals surface area contributed by atoms with Gasteiger partial charge in [-0.05, 0) is 11.1 Å². The van der Waals surface area contributed by atoms with Crippen LogP contribution >= 0.6 is 0 Å². The number of hydrogen-bond acceptors (Lipinski definition) is 0. The number of hydrogen-bond donors (Lipinski definition) is 0. The summed E-state index contributed by atoms with van der Waals surface area (Å²) in [4.78, 5) is 0. The summed E-state index contributed by atoms with van der Waals surface area (Å²) in [5.74, 6) is 0. The first-order chi connectivity index (χ1) is 11.3. The van der Waals surface area contributed by atoms with Gasteiger partial charge in [0, 0.05) is 0 Å². The fourth-order valence-corrected chi connectivity index (χ4v) is 4.66. The predicted octanol–water partition coefficient (Wildman–Crippen LogP) is 4.89. The third-order valence-electron chi connectivity index (χ3n) is 3.77. The van der Waals surface area contributed by atoms with Gasteiger partial charge in [0.15, 0.2) is 0 Å². The second-order valence-corrected chi connectivity index (χ2v) is 7.71. The van der Waals surface area contributed by atoms with E-state index in [2.05, 4.69) is 97.2 Å². The molecule has 3 rings (SSSR count). The highest BCUT2D eigenvalue weighted by molar-refractivity contribution is 6.93. The van der Waals surface area contributed by atoms with Crippen molar-refractivity contribution >= 4 is 25.3 Å². The first-order valence-corrected chi connectivity index (χ1v) is 9.32. The van der Waals surface area contributed by atoms with E-state index < -0.39 is 8.80 Å². The van der Waals surface area contributed by atoms with Crippen molar-refractivity contribution in [2.75, 3.05) is 0 Å². The molecule has 3 aromatic carbocycles. The maximum absolute atomic E-state index is 4.41. The molecule has 0 amide bonds. The van der Waals surface area contributed by atoms with Gasteiger partial charge in [-0.3, -0.25) is 0 Å². The summed E-state index contributed by atoms with van der Waals surface area (Å²) in [6.07, 6.45) is 2.22. The molecule has 111 valence electrons. The van der Waals surface area contributed by atoms with Crippen LogP contribution in [0.3, 0.4) is 0 Å². The monoisotopic (exact) mass is 311 g/mol. The molecule has 0 aliphatic carbocycles. The van der Waals surface area contributed by atoms with Gasteiger partial charge in [0.1, 0.15) is 8.80 Å². The maximum atomic E-state index is 4.41. The van der Waals surface area contributed by atoms with Crippen molar-refractivity contribution in [3.05, 3.63) is 114 Å². The number of benzene rings is 3. The third-order valence-corrected chi connectivity index (χ3v) is 6.17. The van der Waals surface area contributed by atoms with Gasteiger partial charge in [-0.15, -0.1) is 0 Å². The molecule has 23 heavy (non-hydrogen) atoms. The van der Waals surface area contributed by atoms with Crippen LogP contribution in [0.2, 0.25) is 0 Å². The van der Waals surface area contributed by atoms with Gasteiger partial charge in [0.05, 0.1) is 0 Å². The first-order valence-electron chi connectivity index (χ1n) is 7.75. The highest BCUT2D eigenvalue weighted by Gasteiger charge is 2.16. The molecular formula is C22H19Si. The average Bonchev–Trinajstić information content (AvgIpc) is 2.64. The van der Waals surface area contributed by atoms with E-state index in [9.17, 15) is 0 Å². The Bertz CT molecular complexity index is 774. The highest BCUT2D eigenvalue weighted by atomic mass is 28.3. The average molecular weight is 311 g/mol. The van der Waals surface area contributed by atoms with E-state index in [1.165, 1.54) is 21.5 Å². The lowest BCUT2D eigenvalue weighted by Crippen LogP contribution is -2.29. The molecule has 0 aliphatic rings. The largest absolute Gasteiger partial charge is 0.147 e. The number of rotatable bonds is 5. The molecule has 0 saturated heterocycles. The van der Waals surface area contributed by atoms with Crippen LogP contribution in [-0.2, 0) is 0 Å². The minimum atomic E-state index is -1.02. The minimum absolute atomic E-state index is 1.02. The van der Waals surface area contributed by atoms with Gasteiger partial charge in [-0.1, -0.05) is 120 Å². The van der Waals surface area contributed by atoms with Crippen molar-refractivity contribution in [1.82, 2.24) is 0 Å². The van der Waals surface area contributed by atoms with Gasteiger partial charge in [0.2, 0.25) is 0 Å². The van der Waals surface area contributed by atoms with Crippen LogP contribution in [0.4, 0.5) is 0 Å². The van der Waals surface area contributed by atoms with Crippen LogP contribution in [0, 0.1) is 0 Å². The zero-order valence-corrected chi connectivity index (χ0v) is 14.0. The van der Waals surface area contributed by atoms with E-state index in [0.29, 0.717) is 0 Å². The molecule has 0 spiro atoms. The summed E-state index contributed by atoms with van der Waals surface area (Å²) in [5, 5.41) is 2.58. The lowest BCUT2D eigenvalue weighted by Gasteiger charge is -2.15. The Morgan fingerprint density at radius 1 is 0.696 bits per heavy atom. The van der Waals surface area contributed by atoms with Crippen LogP contribution < -0.4 is 5.19 Å². The van der Waals surface area contributed by atoms with Crippen LogP contribution in [0.5, 0.6) is 0 Å². The van der Waals surface area contributed by atoms with Gasteiger partial charge < -0.3 is 0 Å². The van der Waals surface area contributed by atoms with E-state index in [0.717, 1.165) is 0 Å². The summed E-state index contributed by atoms with van der Waals surface area (Å²) < 4.78 is 0. The molecule has 3 aromatic rings. The van der Waals surface area contributed by atoms with Crippen LogP contribution in [0.15, 0.2) is 103 Å². The summed E-state index contributed by atoms with van der Waals surface area (Å²) in [7, 11) is -1.02. The fourth-order valence-electron chi connectivity index (χ4n) is 2.53. The summed E-state index contributed by atoms with van der Waals surface area (Å²) >= 11 is 0. The van der Waals surface area contributed by atoms with E-state index in [-0.39, 0.29) is 0 Å². The first kappa shape index (κ1) is 15.3. The normalized spacial score (nSPS) is 11.0. The molecule has 1 radical (unpaired) electrons. The smallest absolute Gasteiger partial charge is 0.0986 e. The summed E-state index contributed by atoms with van der Waals surface area (Å²) in [6.45, 7) is 4.41. The van der Waals surface area contributed by atoms with Gasteiger partial charge in [-0.2, -0.15) is 0 Å². The van der Waals surface area contributed by atoms with E-state index in [4.69, 9.17) is 0 Å². The topological polar surface area (TPSA) is 0 Å². The van der Waals surface area contributed by atoms with Crippen LogP contribution in [0.25, 0.3) is 11.3 Å². The maximum Gasteiger partial charge on any atom is 0.147 e. The second-order valence-electron chi connectivity index (χ2n) is 5.37. The molecule has 0 bridgehead atoms. The Labute approximate surface area is 140 Å². The van der Waals surface area contributed by atoms with Crippen molar-refractivity contribution in [3.8, 4) is 0 Å². The molecular weight excluding hydrogens is 292 g/mol. The molecule has 0 fully saturated rings. The molecule has 0 atom stereocenters. The summed E-state index contributed by atoms with van der Waals surface area (Å²) in [6, 6.07) is 31.6. The Hall–Kier alpha value is -2.64. The molecule has 0 aliphatic heterocycles. The molecule has 0 saturated carbocycles. The standard InChI is InChI=1S/C22H19Si/c1-19(21-13-7-3-8-14-21)23(22-15-9-4-10-16-22)18-17-20-11-5-2-6-12-20/h2-18H,1H2/b18-17+. The minimum Gasteiger partial charge on any atom is -0.0986 e. The zero-order chi connectivity index (χ0) is 15.9. The molecule has 1 heteroatoms. The highest BCUT2D eigenvalue weighted by Crippen LogP contribution is 2.17. The molecule has 0 heterocycles. The third kappa shape index (κ3) is 3.96. The zero-order valence-electron chi connectivity index (χ0n) is 13.0. The van der Waals surface area contributed by atoms with Gasteiger partial charge in [-0.25, -0.2) is 0 Å². The van der Waals surface area contributed by atoms with E-state index >= 15 is 0 Å². The lowest BCUT2D eigenvalue weighted by atomic mass is 10.2. The quantitative estimate of drug-likeness (QED) is 0.588. The van der Waals surface area contributed by atoms with Crippen molar-refractivity contribution in [3.63, 3.8) is 0 Å². The van der Waals surface area contributed by atoms with Crippen molar-refractivity contribution in [2.24, 2.45) is 0 Å². The SMILES string of the molecule is C=C(c1ccccc1)[Si](/C=C/c1ccccc1)c1ccccc1. The van der Waals surface area contributed by atoms with Crippen molar-refractivity contribution < 1.29 is 0 Å². The Balaban J connectivity index is 1.95. The van der Waals surface area contributed by atoms with E-state index in [1.54, 1.807) is 0 Å². The van der Waals surface area contributed by atoms with Gasteiger partial charge in [0.25, 0.3) is 0 Å². The molecule has 0 nitrogen and oxygen atoms in total.